The maximum Gasteiger partial charge on any atom is 0.237 e. The molecule has 2 aromatic heterocycles. The molecule has 1 aromatic carbocycles. The summed E-state index contributed by atoms with van der Waals surface area (Å²) in [6.45, 7) is 1.99. The minimum absolute atomic E-state index is 0.556. The van der Waals surface area contributed by atoms with Gasteiger partial charge < -0.3 is 13.8 Å². The molecule has 0 radical (unpaired) electrons. The summed E-state index contributed by atoms with van der Waals surface area (Å²) < 4.78 is 12.7. The van der Waals surface area contributed by atoms with Crippen LogP contribution in [0.3, 0.4) is 0 Å². The predicted molar refractivity (Wildman–Crippen MR) is 88.9 cm³/mol. The maximum absolute atomic E-state index is 5.35. The van der Waals surface area contributed by atoms with Crippen LogP contribution in [0.5, 0.6) is 5.75 Å². The molecule has 2 heterocycles. The Hall–Kier alpha value is -2.35. The van der Waals surface area contributed by atoms with Crippen molar-refractivity contribution in [3.8, 4) is 17.1 Å². The number of nitrogens with zero attached hydrogens (tertiary/aromatic N) is 5. The van der Waals surface area contributed by atoms with Gasteiger partial charge in [0.15, 0.2) is 5.16 Å². The molecule has 0 spiro atoms. The third-order valence-corrected chi connectivity index (χ3v) is 4.82. The predicted octanol–water partition coefficient (Wildman–Crippen LogP) is 3.27. The highest BCUT2D eigenvalue weighted by atomic mass is 32.2. The van der Waals surface area contributed by atoms with E-state index in [2.05, 4.69) is 24.9 Å². The molecule has 0 bridgehead atoms. The quantitative estimate of drug-likeness (QED) is 0.635. The van der Waals surface area contributed by atoms with Gasteiger partial charge in [0.1, 0.15) is 11.6 Å². The second-order valence-corrected chi connectivity index (χ2v) is 6.60. The Morgan fingerprint density at radius 2 is 2.04 bits per heavy atom. The third-order valence-electron chi connectivity index (χ3n) is 3.89. The Morgan fingerprint density at radius 3 is 2.75 bits per heavy atom. The lowest BCUT2D eigenvalue weighted by Crippen LogP contribution is -1.99. The Balaban J connectivity index is 1.45. The fraction of sp³-hybridized carbons (Fsp3) is 0.375. The lowest BCUT2D eigenvalue weighted by atomic mass is 10.2. The van der Waals surface area contributed by atoms with E-state index in [1.807, 2.05) is 31.2 Å². The van der Waals surface area contributed by atoms with Crippen LogP contribution in [0.25, 0.3) is 11.4 Å². The molecular formula is C16H17N5O2S. The van der Waals surface area contributed by atoms with Gasteiger partial charge in [-0.1, -0.05) is 16.9 Å². The largest absolute Gasteiger partial charge is 0.497 e. The van der Waals surface area contributed by atoms with E-state index < -0.39 is 0 Å². The van der Waals surface area contributed by atoms with E-state index in [9.17, 15) is 0 Å². The zero-order valence-corrected chi connectivity index (χ0v) is 14.3. The van der Waals surface area contributed by atoms with Gasteiger partial charge in [0.25, 0.3) is 0 Å². The van der Waals surface area contributed by atoms with Crippen molar-refractivity contribution in [1.82, 2.24) is 24.9 Å². The summed E-state index contributed by atoms with van der Waals surface area (Å²) in [7, 11) is 1.64. The second kappa shape index (κ2) is 6.27. The topological polar surface area (TPSA) is 78.9 Å². The zero-order chi connectivity index (χ0) is 16.5. The van der Waals surface area contributed by atoms with Gasteiger partial charge in [-0.25, -0.2) is 0 Å². The third kappa shape index (κ3) is 3.01. The minimum Gasteiger partial charge on any atom is -0.497 e. The van der Waals surface area contributed by atoms with E-state index in [4.69, 9.17) is 9.26 Å². The van der Waals surface area contributed by atoms with Crippen molar-refractivity contribution in [2.75, 3.05) is 7.11 Å². The van der Waals surface area contributed by atoms with Gasteiger partial charge in [0.2, 0.25) is 11.7 Å². The number of methoxy groups -OCH3 is 1. The fourth-order valence-corrected chi connectivity index (χ4v) is 3.39. The zero-order valence-electron chi connectivity index (χ0n) is 13.5. The number of hydrogen-bond donors (Lipinski definition) is 0. The van der Waals surface area contributed by atoms with E-state index >= 15 is 0 Å². The first-order valence-electron chi connectivity index (χ1n) is 7.76. The lowest BCUT2D eigenvalue weighted by molar-refractivity contribution is 0.391. The number of aromatic nitrogens is 5. The van der Waals surface area contributed by atoms with E-state index in [1.54, 1.807) is 18.9 Å². The molecule has 1 aliphatic rings. The second-order valence-electron chi connectivity index (χ2n) is 5.66. The van der Waals surface area contributed by atoms with Gasteiger partial charge >= 0.3 is 0 Å². The van der Waals surface area contributed by atoms with Crippen molar-refractivity contribution in [3.05, 3.63) is 36.0 Å². The molecule has 1 saturated carbocycles. The van der Waals surface area contributed by atoms with Crippen molar-refractivity contribution < 1.29 is 9.26 Å². The van der Waals surface area contributed by atoms with Crippen LogP contribution in [0.2, 0.25) is 0 Å². The van der Waals surface area contributed by atoms with Crippen molar-refractivity contribution in [3.63, 3.8) is 0 Å². The molecule has 0 amide bonds. The van der Waals surface area contributed by atoms with Crippen LogP contribution in [-0.4, -0.2) is 32.0 Å². The molecule has 0 saturated heterocycles. The standard InChI is InChI=1S/C16H17N5O2S/c1-10-18-19-16(21(10)12-5-6-12)24-9-14-17-15(20-23-14)11-3-7-13(22-2)8-4-11/h3-4,7-8,12H,5-6,9H2,1-2H3. The van der Waals surface area contributed by atoms with Crippen LogP contribution in [0.4, 0.5) is 0 Å². The molecule has 0 unspecified atom stereocenters. The summed E-state index contributed by atoms with van der Waals surface area (Å²) in [5, 5.41) is 13.4. The number of benzene rings is 1. The molecular weight excluding hydrogens is 326 g/mol. The first-order valence-corrected chi connectivity index (χ1v) is 8.74. The van der Waals surface area contributed by atoms with Crippen molar-refractivity contribution in [2.45, 2.75) is 36.7 Å². The van der Waals surface area contributed by atoms with E-state index in [0.29, 0.717) is 23.5 Å². The van der Waals surface area contributed by atoms with Gasteiger partial charge in [0.05, 0.1) is 12.9 Å². The van der Waals surface area contributed by atoms with Crippen LogP contribution in [-0.2, 0) is 5.75 Å². The van der Waals surface area contributed by atoms with Crippen LogP contribution >= 0.6 is 11.8 Å². The summed E-state index contributed by atoms with van der Waals surface area (Å²) in [4.78, 5) is 4.45. The van der Waals surface area contributed by atoms with Crippen molar-refractivity contribution in [2.24, 2.45) is 0 Å². The van der Waals surface area contributed by atoms with Gasteiger partial charge in [-0.3, -0.25) is 0 Å². The number of rotatable bonds is 6. The molecule has 0 aliphatic heterocycles. The number of aryl methyl sites for hydroxylation is 1. The highest BCUT2D eigenvalue weighted by molar-refractivity contribution is 7.98. The molecule has 1 fully saturated rings. The molecule has 24 heavy (non-hydrogen) atoms. The van der Waals surface area contributed by atoms with Crippen molar-refractivity contribution >= 4 is 11.8 Å². The Kier molecular flexibility index (Phi) is 3.97. The molecule has 0 atom stereocenters. The van der Waals surface area contributed by atoms with E-state index in [1.165, 1.54) is 12.8 Å². The molecule has 7 nitrogen and oxygen atoms in total. The summed E-state index contributed by atoms with van der Waals surface area (Å²) in [6.07, 6.45) is 2.41. The molecule has 4 rings (SSSR count). The monoisotopic (exact) mass is 343 g/mol. The molecule has 3 aromatic rings. The number of ether oxygens (including phenoxy) is 1. The van der Waals surface area contributed by atoms with E-state index in [-0.39, 0.29) is 0 Å². The SMILES string of the molecule is COc1ccc(-c2noc(CSc3nnc(C)n3C3CC3)n2)cc1. The van der Waals surface area contributed by atoms with Crippen LogP contribution in [0.15, 0.2) is 33.9 Å². The van der Waals surface area contributed by atoms with Gasteiger partial charge in [-0.15, -0.1) is 10.2 Å². The number of thioether (sulfide) groups is 1. The van der Waals surface area contributed by atoms with Crippen molar-refractivity contribution in [1.29, 1.82) is 0 Å². The fourth-order valence-electron chi connectivity index (χ4n) is 2.50. The molecule has 1 aliphatic carbocycles. The Labute approximate surface area is 143 Å². The number of hydrogen-bond acceptors (Lipinski definition) is 7. The minimum atomic E-state index is 0.556. The summed E-state index contributed by atoms with van der Waals surface area (Å²) >= 11 is 1.58. The first kappa shape index (κ1) is 15.2. The summed E-state index contributed by atoms with van der Waals surface area (Å²) in [5.74, 6) is 3.49. The average Bonchev–Trinajstić information content (AvgIpc) is 3.21. The highest BCUT2D eigenvalue weighted by Crippen LogP contribution is 2.39. The Morgan fingerprint density at radius 1 is 1.25 bits per heavy atom. The summed E-state index contributed by atoms with van der Waals surface area (Å²) in [5.41, 5.74) is 0.896. The Bertz CT molecular complexity index is 839. The van der Waals surface area contributed by atoms with Crippen LogP contribution in [0, 0.1) is 6.92 Å². The first-order chi connectivity index (χ1) is 11.7. The normalized spacial score (nSPS) is 14.1. The van der Waals surface area contributed by atoms with E-state index in [0.717, 1.165) is 22.3 Å². The molecule has 8 heteroatoms. The summed E-state index contributed by atoms with van der Waals surface area (Å²) in [6, 6.07) is 8.13. The molecule has 124 valence electrons. The molecule has 0 N–H and O–H groups in total. The van der Waals surface area contributed by atoms with Gasteiger partial charge in [0, 0.05) is 11.6 Å². The van der Waals surface area contributed by atoms with Crippen LogP contribution in [0.1, 0.15) is 30.6 Å². The lowest BCUT2D eigenvalue weighted by Gasteiger charge is -2.04. The van der Waals surface area contributed by atoms with Gasteiger partial charge in [-0.05, 0) is 44.0 Å². The maximum atomic E-state index is 5.35. The van der Waals surface area contributed by atoms with Gasteiger partial charge in [-0.2, -0.15) is 4.98 Å². The average molecular weight is 343 g/mol. The van der Waals surface area contributed by atoms with Crippen LogP contribution < -0.4 is 4.74 Å². The highest BCUT2D eigenvalue weighted by Gasteiger charge is 2.28. The smallest absolute Gasteiger partial charge is 0.237 e.